The van der Waals surface area contributed by atoms with Gasteiger partial charge in [0.2, 0.25) is 5.91 Å². The first-order valence-electron chi connectivity index (χ1n) is 7.62. The molecule has 1 aromatic carbocycles. The third-order valence-corrected chi connectivity index (χ3v) is 4.71. The van der Waals surface area contributed by atoms with Crippen LogP contribution in [-0.4, -0.2) is 48.8 Å². The van der Waals surface area contributed by atoms with Crippen molar-refractivity contribution < 1.29 is 19.4 Å². The number of carbonyl (C=O) groups excluding carboxylic acids is 1. The number of hydrogen-bond acceptors (Lipinski definition) is 5. The lowest BCUT2D eigenvalue weighted by Crippen LogP contribution is -2.50. The van der Waals surface area contributed by atoms with E-state index in [-0.39, 0.29) is 17.9 Å². The van der Waals surface area contributed by atoms with Gasteiger partial charge in [-0.1, -0.05) is 0 Å². The standard InChI is InChI=1S/C16H22N2O4/c1-21-11-2-3-14-12(8-11)15(19)13(9-22-14)18-6-4-10(5-7-18)16(17)20/h2-3,8,10,13,15,19H,4-7,9H2,1H3,(H2,17,20). The van der Waals surface area contributed by atoms with Gasteiger partial charge in [-0.2, -0.15) is 0 Å². The molecule has 0 aromatic heterocycles. The van der Waals surface area contributed by atoms with Crippen molar-refractivity contribution in [3.63, 3.8) is 0 Å². The number of fused-ring (bicyclic) bond motifs is 1. The van der Waals surface area contributed by atoms with E-state index >= 15 is 0 Å². The largest absolute Gasteiger partial charge is 0.497 e. The van der Waals surface area contributed by atoms with Crippen LogP contribution in [0.25, 0.3) is 0 Å². The number of primary amides is 1. The number of ether oxygens (including phenoxy) is 2. The third kappa shape index (κ3) is 2.76. The van der Waals surface area contributed by atoms with E-state index in [2.05, 4.69) is 4.90 Å². The number of aliphatic hydroxyl groups excluding tert-OH is 1. The predicted molar refractivity (Wildman–Crippen MR) is 80.7 cm³/mol. The number of amides is 1. The maximum Gasteiger partial charge on any atom is 0.220 e. The molecule has 1 aromatic rings. The summed E-state index contributed by atoms with van der Waals surface area (Å²) in [5.74, 6) is 1.13. The van der Waals surface area contributed by atoms with Crippen molar-refractivity contribution in [1.82, 2.24) is 4.90 Å². The molecule has 6 nitrogen and oxygen atoms in total. The van der Waals surface area contributed by atoms with Crippen molar-refractivity contribution in [3.05, 3.63) is 23.8 Å². The summed E-state index contributed by atoms with van der Waals surface area (Å²) in [5, 5.41) is 10.7. The molecule has 3 N–H and O–H groups in total. The summed E-state index contributed by atoms with van der Waals surface area (Å²) >= 11 is 0. The average Bonchev–Trinajstić information content (AvgIpc) is 2.55. The van der Waals surface area contributed by atoms with E-state index in [4.69, 9.17) is 15.2 Å². The van der Waals surface area contributed by atoms with Gasteiger partial charge in [-0.25, -0.2) is 0 Å². The molecular formula is C16H22N2O4. The lowest BCUT2D eigenvalue weighted by molar-refractivity contribution is -0.123. The van der Waals surface area contributed by atoms with Crippen molar-refractivity contribution in [3.8, 4) is 11.5 Å². The highest BCUT2D eigenvalue weighted by atomic mass is 16.5. The Morgan fingerprint density at radius 1 is 1.41 bits per heavy atom. The average molecular weight is 306 g/mol. The summed E-state index contributed by atoms with van der Waals surface area (Å²) in [6.07, 6.45) is 0.858. The van der Waals surface area contributed by atoms with Crippen LogP contribution in [0, 0.1) is 5.92 Å². The van der Waals surface area contributed by atoms with Crippen LogP contribution in [0.4, 0.5) is 0 Å². The highest BCUT2D eigenvalue weighted by molar-refractivity contribution is 5.76. The molecule has 3 rings (SSSR count). The molecule has 0 saturated carbocycles. The Balaban J connectivity index is 1.73. The van der Waals surface area contributed by atoms with Crippen molar-refractivity contribution >= 4 is 5.91 Å². The monoisotopic (exact) mass is 306 g/mol. The number of methoxy groups -OCH3 is 1. The number of nitrogens with two attached hydrogens (primary N) is 1. The van der Waals surface area contributed by atoms with Gasteiger partial charge in [-0.15, -0.1) is 0 Å². The lowest BCUT2D eigenvalue weighted by atomic mass is 9.92. The molecule has 2 heterocycles. The van der Waals surface area contributed by atoms with E-state index < -0.39 is 6.10 Å². The van der Waals surface area contributed by atoms with Gasteiger partial charge in [0.05, 0.1) is 13.2 Å². The molecule has 22 heavy (non-hydrogen) atoms. The molecule has 0 bridgehead atoms. The summed E-state index contributed by atoms with van der Waals surface area (Å²) in [6, 6.07) is 5.37. The van der Waals surface area contributed by atoms with Crippen molar-refractivity contribution in [2.45, 2.75) is 25.0 Å². The Labute approximate surface area is 129 Å². The Bertz CT molecular complexity index is 555. The molecular weight excluding hydrogens is 284 g/mol. The zero-order valence-electron chi connectivity index (χ0n) is 12.7. The number of nitrogens with zero attached hydrogens (tertiary/aromatic N) is 1. The smallest absolute Gasteiger partial charge is 0.220 e. The molecule has 1 fully saturated rings. The van der Waals surface area contributed by atoms with E-state index in [1.165, 1.54) is 0 Å². The molecule has 120 valence electrons. The fraction of sp³-hybridized carbons (Fsp3) is 0.562. The molecule has 2 unspecified atom stereocenters. The van der Waals surface area contributed by atoms with Gasteiger partial charge in [0.25, 0.3) is 0 Å². The number of aliphatic hydroxyl groups is 1. The first kappa shape index (κ1) is 15.1. The Kier molecular flexibility index (Phi) is 4.22. The molecule has 0 aliphatic carbocycles. The molecule has 2 atom stereocenters. The van der Waals surface area contributed by atoms with Crippen molar-refractivity contribution in [1.29, 1.82) is 0 Å². The quantitative estimate of drug-likeness (QED) is 0.858. The number of rotatable bonds is 3. The molecule has 0 radical (unpaired) electrons. The van der Waals surface area contributed by atoms with Gasteiger partial charge < -0.3 is 20.3 Å². The van der Waals surface area contributed by atoms with Gasteiger partial charge >= 0.3 is 0 Å². The van der Waals surface area contributed by atoms with Crippen LogP contribution in [0.5, 0.6) is 11.5 Å². The maximum absolute atomic E-state index is 11.3. The summed E-state index contributed by atoms with van der Waals surface area (Å²) in [6.45, 7) is 1.94. The molecule has 2 aliphatic heterocycles. The minimum atomic E-state index is -0.621. The van der Waals surface area contributed by atoms with Crippen molar-refractivity contribution in [2.24, 2.45) is 11.7 Å². The van der Waals surface area contributed by atoms with Gasteiger partial charge in [-0.3, -0.25) is 9.69 Å². The number of likely N-dealkylation sites (tertiary alicyclic amines) is 1. The van der Waals surface area contributed by atoms with Crippen molar-refractivity contribution in [2.75, 3.05) is 26.8 Å². The number of piperidine rings is 1. The minimum absolute atomic E-state index is 0.0507. The number of hydrogen-bond donors (Lipinski definition) is 2. The third-order valence-electron chi connectivity index (χ3n) is 4.71. The lowest BCUT2D eigenvalue weighted by Gasteiger charge is -2.41. The summed E-state index contributed by atoms with van der Waals surface area (Å²) in [5.41, 5.74) is 6.13. The second-order valence-corrected chi connectivity index (χ2v) is 5.94. The van der Waals surface area contributed by atoms with Gasteiger partial charge in [0.1, 0.15) is 24.2 Å². The summed E-state index contributed by atoms with van der Waals surface area (Å²) < 4.78 is 11.0. The SMILES string of the molecule is COc1ccc2c(c1)C(O)C(N1CCC(C(N)=O)CC1)CO2. The van der Waals surface area contributed by atoms with Crippen LogP contribution < -0.4 is 15.2 Å². The Morgan fingerprint density at radius 3 is 2.77 bits per heavy atom. The van der Waals surface area contributed by atoms with Crippen LogP contribution >= 0.6 is 0 Å². The number of carbonyl (C=O) groups is 1. The van der Waals surface area contributed by atoms with Gasteiger partial charge in [0, 0.05) is 11.5 Å². The zero-order valence-corrected chi connectivity index (χ0v) is 12.7. The first-order chi connectivity index (χ1) is 10.6. The fourth-order valence-corrected chi connectivity index (χ4v) is 3.31. The predicted octanol–water partition coefficient (Wildman–Crippen LogP) is 0.687. The molecule has 1 amide bonds. The minimum Gasteiger partial charge on any atom is -0.497 e. The Morgan fingerprint density at radius 2 is 2.14 bits per heavy atom. The van der Waals surface area contributed by atoms with Crippen LogP contribution in [0.2, 0.25) is 0 Å². The van der Waals surface area contributed by atoms with E-state index in [1.807, 2.05) is 18.2 Å². The van der Waals surface area contributed by atoms with Crippen LogP contribution in [-0.2, 0) is 4.79 Å². The zero-order chi connectivity index (χ0) is 15.7. The molecule has 0 spiro atoms. The van der Waals surface area contributed by atoms with Crippen LogP contribution in [0.1, 0.15) is 24.5 Å². The molecule has 1 saturated heterocycles. The summed E-state index contributed by atoms with van der Waals surface area (Å²) in [4.78, 5) is 13.4. The molecule has 2 aliphatic rings. The second kappa shape index (κ2) is 6.14. The van der Waals surface area contributed by atoms with E-state index in [0.29, 0.717) is 18.1 Å². The summed E-state index contributed by atoms with van der Waals surface area (Å²) in [7, 11) is 1.60. The normalized spacial score (nSPS) is 26.1. The highest BCUT2D eigenvalue weighted by Gasteiger charge is 2.36. The van der Waals surface area contributed by atoms with E-state index in [9.17, 15) is 9.90 Å². The first-order valence-corrected chi connectivity index (χ1v) is 7.62. The topological polar surface area (TPSA) is 85.0 Å². The number of benzene rings is 1. The van der Waals surface area contributed by atoms with Crippen LogP contribution in [0.3, 0.4) is 0 Å². The van der Waals surface area contributed by atoms with Gasteiger partial charge in [0.15, 0.2) is 0 Å². The molecule has 6 heteroatoms. The fourth-order valence-electron chi connectivity index (χ4n) is 3.31. The Hall–Kier alpha value is -1.79. The van der Waals surface area contributed by atoms with Gasteiger partial charge in [-0.05, 0) is 44.1 Å². The maximum atomic E-state index is 11.3. The van der Waals surface area contributed by atoms with E-state index in [0.717, 1.165) is 31.5 Å². The van der Waals surface area contributed by atoms with E-state index in [1.54, 1.807) is 7.11 Å². The van der Waals surface area contributed by atoms with Crippen LogP contribution in [0.15, 0.2) is 18.2 Å². The second-order valence-electron chi connectivity index (χ2n) is 5.94. The highest BCUT2D eigenvalue weighted by Crippen LogP contribution is 2.37.